The maximum Gasteiger partial charge on any atom is 0.164 e. The predicted octanol–water partition coefficient (Wildman–Crippen LogP) is 34.8. The SMILES string of the molecule is c1ccc(-c2cc(-c3nc(-c4ccccc4)nc(-c4ccccc4)n3)cc(-n3c4ccc5ccccc5c4c4c5ccccc5ccc43)c2)cc1.c1ccc(-c2nc(-c3ccccc3)nc(-c3ccc(-n4c5ccc6ccccc6c5c5c6ccccc6ccc54)c4ccccc34)n2)cc1.c1ccc(-c2nc(-c3ccccc3)nc(-c3cccc4c(-n5c6ccc7ccccc7c6c6c7ccccc7ccc65)cccc34)n2)cc1. The molecule has 30 rings (SSSR count). The van der Waals surface area contributed by atoms with Gasteiger partial charge in [-0.15, -0.1) is 0 Å². The lowest BCUT2D eigenvalue weighted by molar-refractivity contribution is 1.07. The van der Waals surface area contributed by atoms with Crippen molar-refractivity contribution in [3.8, 4) is 131 Å². The first-order valence-electron chi connectivity index (χ1n) is 50.3. The maximum atomic E-state index is 5.13. The molecule has 30 aromatic rings. The molecule has 149 heavy (non-hydrogen) atoms. The van der Waals surface area contributed by atoms with Gasteiger partial charge >= 0.3 is 0 Å². The second-order valence-corrected chi connectivity index (χ2v) is 37.7. The van der Waals surface area contributed by atoms with E-state index in [0.29, 0.717) is 52.4 Å². The van der Waals surface area contributed by atoms with Crippen LogP contribution in [0.25, 0.3) is 282 Å². The lowest BCUT2D eigenvalue weighted by atomic mass is 10.00. The van der Waals surface area contributed by atoms with Crippen LogP contribution in [0.1, 0.15) is 0 Å². The Bertz CT molecular complexity index is 9740. The Balaban J connectivity index is 0.000000108. The molecule has 0 aliphatic heterocycles. The van der Waals surface area contributed by atoms with Crippen LogP contribution < -0.4 is 0 Å². The summed E-state index contributed by atoms with van der Waals surface area (Å²) in [6.45, 7) is 0. The van der Waals surface area contributed by atoms with Crippen LogP contribution in [0.2, 0.25) is 0 Å². The number of aromatic nitrogens is 12. The van der Waals surface area contributed by atoms with Crippen LogP contribution in [0, 0.1) is 0 Å². The first-order valence-corrected chi connectivity index (χ1v) is 50.3. The van der Waals surface area contributed by atoms with Crippen molar-refractivity contribution in [2.75, 3.05) is 0 Å². The number of hydrogen-bond donors (Lipinski definition) is 0. The molecule has 12 nitrogen and oxygen atoms in total. The van der Waals surface area contributed by atoms with E-state index < -0.39 is 0 Å². The van der Waals surface area contributed by atoms with Gasteiger partial charge < -0.3 is 13.7 Å². The quantitative estimate of drug-likeness (QED) is 0.111. The zero-order chi connectivity index (χ0) is 98.4. The highest BCUT2D eigenvalue weighted by molar-refractivity contribution is 6.32. The average molecular weight is 1900 g/mol. The van der Waals surface area contributed by atoms with Gasteiger partial charge in [0.15, 0.2) is 52.4 Å². The average Bonchev–Trinajstić information content (AvgIpc) is 1.56. The zero-order valence-electron chi connectivity index (χ0n) is 80.5. The van der Waals surface area contributed by atoms with Crippen molar-refractivity contribution in [3.05, 3.63) is 522 Å². The highest BCUT2D eigenvalue weighted by Gasteiger charge is 2.27. The predicted molar refractivity (Wildman–Crippen MR) is 617 cm³/mol. The number of rotatable bonds is 13. The van der Waals surface area contributed by atoms with Crippen LogP contribution in [0.3, 0.4) is 0 Å². The summed E-state index contributed by atoms with van der Waals surface area (Å²) in [5, 5.41) is 26.9. The van der Waals surface area contributed by atoms with Crippen LogP contribution in [0.4, 0.5) is 0 Å². The molecule has 0 bridgehead atoms. The molecule has 12 heteroatoms. The molecule has 0 fully saturated rings. The van der Waals surface area contributed by atoms with Gasteiger partial charge in [-0.3, -0.25) is 0 Å². The topological polar surface area (TPSA) is 131 Å². The molecule has 0 radical (unpaired) electrons. The summed E-state index contributed by atoms with van der Waals surface area (Å²) in [6.07, 6.45) is 0. The first-order chi connectivity index (χ1) is 73.9. The Hall–Kier alpha value is -20.2. The summed E-state index contributed by atoms with van der Waals surface area (Å²) in [5.41, 5.74) is 21.1. The molecule has 0 aliphatic carbocycles. The van der Waals surface area contributed by atoms with Gasteiger partial charge in [0.1, 0.15) is 0 Å². The van der Waals surface area contributed by atoms with Crippen molar-refractivity contribution in [2.24, 2.45) is 0 Å². The molecular formula is C137H86N12. The Morgan fingerprint density at radius 1 is 0.121 bits per heavy atom. The van der Waals surface area contributed by atoms with Gasteiger partial charge in [-0.25, -0.2) is 44.9 Å². The fourth-order valence-corrected chi connectivity index (χ4v) is 22.3. The van der Waals surface area contributed by atoms with E-state index in [2.05, 4.69) is 353 Å². The Morgan fingerprint density at radius 3 is 0.644 bits per heavy atom. The number of hydrogen-bond acceptors (Lipinski definition) is 9. The number of nitrogens with zero attached hydrogens (tertiary/aromatic N) is 12. The van der Waals surface area contributed by atoms with E-state index in [1.807, 2.05) is 182 Å². The highest BCUT2D eigenvalue weighted by Crippen LogP contribution is 2.49. The molecule has 0 N–H and O–H groups in total. The van der Waals surface area contributed by atoms with Gasteiger partial charge in [0, 0.05) is 98.8 Å². The summed E-state index contributed by atoms with van der Waals surface area (Å²) in [4.78, 5) is 45.4. The monoisotopic (exact) mass is 1900 g/mol. The molecule has 0 amide bonds. The highest BCUT2D eigenvalue weighted by atomic mass is 15.1. The van der Waals surface area contributed by atoms with Gasteiger partial charge in [0.25, 0.3) is 0 Å². The molecule has 0 spiro atoms. The van der Waals surface area contributed by atoms with E-state index in [9.17, 15) is 0 Å². The minimum Gasteiger partial charge on any atom is -0.309 e. The molecule has 0 saturated carbocycles. The van der Waals surface area contributed by atoms with Crippen LogP contribution in [0.5, 0.6) is 0 Å². The third-order valence-corrected chi connectivity index (χ3v) is 29.0. The van der Waals surface area contributed by atoms with Gasteiger partial charge in [-0.1, -0.05) is 449 Å². The molecule has 6 heterocycles. The molecule has 694 valence electrons. The van der Waals surface area contributed by atoms with E-state index in [4.69, 9.17) is 44.9 Å². The second kappa shape index (κ2) is 36.6. The van der Waals surface area contributed by atoms with Gasteiger partial charge in [-0.05, 0) is 159 Å². The summed E-state index contributed by atoms with van der Waals surface area (Å²) < 4.78 is 7.29. The largest absolute Gasteiger partial charge is 0.309 e. The van der Waals surface area contributed by atoms with E-state index >= 15 is 0 Å². The van der Waals surface area contributed by atoms with Crippen molar-refractivity contribution < 1.29 is 0 Å². The molecule has 24 aromatic carbocycles. The fraction of sp³-hybridized carbons (Fsp3) is 0. The van der Waals surface area contributed by atoms with Gasteiger partial charge in [0.2, 0.25) is 0 Å². The normalized spacial score (nSPS) is 11.6. The minimum atomic E-state index is 0.624. The van der Waals surface area contributed by atoms with Crippen molar-refractivity contribution in [1.82, 2.24) is 58.6 Å². The van der Waals surface area contributed by atoms with Crippen LogP contribution in [-0.4, -0.2) is 58.6 Å². The van der Waals surface area contributed by atoms with Gasteiger partial charge in [-0.2, -0.15) is 0 Å². The molecule has 0 atom stereocenters. The maximum absolute atomic E-state index is 5.13. The molecular weight excluding hydrogens is 1810 g/mol. The first kappa shape index (κ1) is 86.7. The molecule has 6 aromatic heterocycles. The van der Waals surface area contributed by atoms with Crippen molar-refractivity contribution in [2.45, 2.75) is 0 Å². The molecule has 0 unspecified atom stereocenters. The second-order valence-electron chi connectivity index (χ2n) is 37.7. The lowest BCUT2D eigenvalue weighted by Crippen LogP contribution is -2.01. The van der Waals surface area contributed by atoms with Crippen molar-refractivity contribution in [3.63, 3.8) is 0 Å². The summed E-state index contributed by atoms with van der Waals surface area (Å²) in [5.74, 6) is 5.81. The summed E-state index contributed by atoms with van der Waals surface area (Å²) in [7, 11) is 0. The smallest absolute Gasteiger partial charge is 0.164 e. The summed E-state index contributed by atoms with van der Waals surface area (Å²) >= 11 is 0. The van der Waals surface area contributed by atoms with Crippen molar-refractivity contribution >= 4 is 152 Å². The fourth-order valence-electron chi connectivity index (χ4n) is 22.3. The third-order valence-electron chi connectivity index (χ3n) is 29.0. The van der Waals surface area contributed by atoms with Gasteiger partial charge in [0.05, 0.1) is 44.5 Å². The van der Waals surface area contributed by atoms with Crippen LogP contribution in [-0.2, 0) is 0 Å². The number of fused-ring (bicyclic) bond motifs is 23. The molecule has 0 aliphatic rings. The Kier molecular flexibility index (Phi) is 21.3. The van der Waals surface area contributed by atoms with Crippen LogP contribution >= 0.6 is 0 Å². The third kappa shape index (κ3) is 15.3. The van der Waals surface area contributed by atoms with E-state index in [-0.39, 0.29) is 0 Å². The van der Waals surface area contributed by atoms with E-state index in [1.54, 1.807) is 0 Å². The standard InChI is InChI=1S/C47H30N4.2C45H28N4/c1-4-14-31(15-5-1)36-28-37(47-49-45(34-18-6-2-7-19-34)48-46(50-47)35-20-8-3-9-21-35)30-38(29-36)51-41-26-24-32-16-10-12-22-39(32)43(41)44-40-23-13-11-17-33(40)25-27-42(44)51;1-3-15-31(16-4-1)43-46-44(32-17-5-2-6-18-32)48-45(47-43)37-23-11-22-36-35(37)21-12-24-38(36)49-39-27-25-29-13-7-9-19-33(29)41(39)42-34-20-10-8-14-30(34)26-28-40(42)49;1-3-15-31(16-4-1)43-46-44(32-17-5-2-6-18-32)48-45(47-43)37-25-28-38(36-22-12-11-21-35(36)37)49-39-26-23-29-13-7-9-19-33(29)41(39)42-34-20-10-8-14-30(34)24-27-40(42)49/h1-30H;2*1-28H. The van der Waals surface area contributed by atoms with Crippen molar-refractivity contribution in [1.29, 1.82) is 0 Å². The Labute approximate surface area is 856 Å². The molecule has 0 saturated heterocycles. The number of benzene rings is 24. The Morgan fingerprint density at radius 2 is 0.336 bits per heavy atom. The summed E-state index contributed by atoms with van der Waals surface area (Å²) in [6, 6.07) is 183. The van der Waals surface area contributed by atoms with E-state index in [0.717, 1.165) is 111 Å². The zero-order valence-corrected chi connectivity index (χ0v) is 80.5. The minimum absolute atomic E-state index is 0.624. The van der Waals surface area contributed by atoms with E-state index in [1.165, 1.54) is 119 Å². The lowest BCUT2D eigenvalue weighted by Gasteiger charge is -2.15. The van der Waals surface area contributed by atoms with Crippen LogP contribution in [0.15, 0.2) is 522 Å².